The molecule has 2 aromatic carbocycles. The van der Waals surface area contributed by atoms with Crippen molar-refractivity contribution >= 4 is 17.4 Å². The van der Waals surface area contributed by atoms with E-state index in [4.69, 9.17) is 5.53 Å². The van der Waals surface area contributed by atoms with Crippen molar-refractivity contribution in [3.63, 3.8) is 0 Å². The van der Waals surface area contributed by atoms with Crippen LogP contribution in [0.2, 0.25) is 0 Å². The number of hydrogen-bond donors (Lipinski definition) is 1. The van der Waals surface area contributed by atoms with Gasteiger partial charge in [0.1, 0.15) is 0 Å². The van der Waals surface area contributed by atoms with E-state index in [0.717, 1.165) is 10.1 Å². The number of anilines is 2. The van der Waals surface area contributed by atoms with Crippen molar-refractivity contribution in [1.29, 1.82) is 5.53 Å². The van der Waals surface area contributed by atoms with Gasteiger partial charge in [0.15, 0.2) is 0 Å². The maximum Gasteiger partial charge on any atom is 0.386 e. The Morgan fingerprint density at radius 1 is 1.00 bits per heavy atom. The number of carbonyl (C=O) groups is 1. The number of nitrogens with one attached hydrogen (secondary N) is 1. The lowest BCUT2D eigenvalue weighted by Crippen LogP contribution is -2.42. The van der Waals surface area contributed by atoms with Crippen LogP contribution >= 0.6 is 0 Å². The predicted molar refractivity (Wildman–Crippen MR) is 81.2 cm³/mol. The largest absolute Gasteiger partial charge is 0.653 e. The van der Waals surface area contributed by atoms with E-state index in [1.165, 1.54) is 0 Å². The maximum atomic E-state index is 12.1. The number of amides is 2. The highest BCUT2D eigenvalue weighted by atomic mass is 16.5. The van der Waals surface area contributed by atoms with Gasteiger partial charge in [-0.2, -0.15) is 10.5 Å². The zero-order valence-electron chi connectivity index (χ0n) is 11.7. The van der Waals surface area contributed by atoms with Gasteiger partial charge in [-0.25, -0.2) is 4.79 Å². The van der Waals surface area contributed by atoms with Crippen LogP contribution in [0, 0.1) is 10.7 Å². The number of carbonyl (C=O) groups excluding carboxylic acids is 1. The van der Waals surface area contributed by atoms with Crippen molar-refractivity contribution in [1.82, 2.24) is 5.28 Å². The summed E-state index contributed by atoms with van der Waals surface area (Å²) in [5.41, 5.74) is 7.84. The molecular formula is C13H11N8O2. The van der Waals surface area contributed by atoms with Crippen LogP contribution in [-0.4, -0.2) is 6.03 Å². The molecule has 0 bridgehead atoms. The first-order valence-corrected chi connectivity index (χ1v) is 6.33. The molecule has 0 unspecified atom stereocenters. The SMILES string of the molecule is N=NC(=O)N(c1ccccc1)N(N=NN=[N+][O-])c1ccccc1. The van der Waals surface area contributed by atoms with Crippen molar-refractivity contribution in [3.05, 3.63) is 65.9 Å². The third-order valence-corrected chi connectivity index (χ3v) is 2.66. The number of nitrogens with zero attached hydrogens (tertiary/aromatic N) is 7. The molecule has 1 N–H and O–H groups in total. The molecule has 23 heavy (non-hydrogen) atoms. The summed E-state index contributed by atoms with van der Waals surface area (Å²) < 4.78 is 0. The Balaban J connectivity index is 2.52. The third kappa shape index (κ3) is 3.91. The highest BCUT2D eigenvalue weighted by Gasteiger charge is 2.25. The minimum absolute atomic E-state index is 0.398. The first-order chi connectivity index (χ1) is 11.3. The number of hydrogen-bond acceptors (Lipinski definition) is 5. The van der Waals surface area contributed by atoms with E-state index in [2.05, 4.69) is 26.1 Å². The van der Waals surface area contributed by atoms with Gasteiger partial charge in [0, 0.05) is 0 Å². The van der Waals surface area contributed by atoms with E-state index in [1.807, 2.05) is 0 Å². The minimum Gasteiger partial charge on any atom is -0.653 e. The van der Waals surface area contributed by atoms with Crippen molar-refractivity contribution in [2.45, 2.75) is 0 Å². The van der Waals surface area contributed by atoms with E-state index in [0.29, 0.717) is 11.4 Å². The minimum atomic E-state index is -0.905. The molecule has 0 heterocycles. The van der Waals surface area contributed by atoms with Crippen LogP contribution in [0.5, 0.6) is 0 Å². The molecule has 0 aromatic heterocycles. The van der Waals surface area contributed by atoms with Gasteiger partial charge >= 0.3 is 6.03 Å². The Morgan fingerprint density at radius 2 is 1.57 bits per heavy atom. The number of rotatable bonds is 5. The second-order valence-corrected chi connectivity index (χ2v) is 4.02. The zero-order chi connectivity index (χ0) is 16.5. The van der Waals surface area contributed by atoms with Gasteiger partial charge in [-0.05, 0) is 24.3 Å². The van der Waals surface area contributed by atoms with E-state index >= 15 is 0 Å². The average Bonchev–Trinajstić information content (AvgIpc) is 2.62. The standard InChI is InChI=1S/C13H11N8O2/c14-15-13(22)20(11-7-3-1-4-8-11)21(18-16-17-19-23)12-9-5-2-6-10-12/h1-10,14H. The van der Waals surface area contributed by atoms with Gasteiger partial charge < -0.3 is 5.21 Å². The van der Waals surface area contributed by atoms with Crippen molar-refractivity contribution < 1.29 is 4.79 Å². The maximum absolute atomic E-state index is 12.1. The Kier molecular flexibility index (Phi) is 5.41. The van der Waals surface area contributed by atoms with Crippen LogP contribution in [0.4, 0.5) is 16.2 Å². The van der Waals surface area contributed by atoms with Crippen molar-refractivity contribution in [2.24, 2.45) is 20.8 Å². The molecule has 0 saturated carbocycles. The highest BCUT2D eigenvalue weighted by molar-refractivity contribution is 5.94. The number of para-hydroxylation sites is 2. The topological polar surface area (TPSA) is 134 Å². The number of urea groups is 1. The van der Waals surface area contributed by atoms with E-state index in [9.17, 15) is 10.0 Å². The van der Waals surface area contributed by atoms with Gasteiger partial charge in [-0.3, -0.25) is 0 Å². The summed E-state index contributed by atoms with van der Waals surface area (Å²) in [6.45, 7) is 0. The lowest BCUT2D eigenvalue weighted by molar-refractivity contribution is 0.251. The van der Waals surface area contributed by atoms with Gasteiger partial charge in [0.2, 0.25) is 10.4 Å². The Labute approximate surface area is 130 Å². The Morgan fingerprint density at radius 3 is 2.09 bits per heavy atom. The van der Waals surface area contributed by atoms with Crippen LogP contribution in [-0.2, 0) is 0 Å². The van der Waals surface area contributed by atoms with Crippen LogP contribution in [0.25, 0.3) is 0 Å². The van der Waals surface area contributed by atoms with Gasteiger partial charge in [0.05, 0.1) is 21.9 Å². The molecule has 1 radical (unpaired) electrons. The second kappa shape index (κ2) is 7.93. The first kappa shape index (κ1) is 15.7. The zero-order valence-corrected chi connectivity index (χ0v) is 11.7. The molecular weight excluding hydrogens is 300 g/mol. The summed E-state index contributed by atoms with van der Waals surface area (Å²) >= 11 is 0. The molecule has 0 atom stereocenters. The number of benzene rings is 2. The smallest absolute Gasteiger partial charge is 0.386 e. The molecule has 2 aromatic rings. The molecule has 0 fully saturated rings. The van der Waals surface area contributed by atoms with E-state index in [1.54, 1.807) is 60.7 Å². The summed E-state index contributed by atoms with van der Waals surface area (Å²) in [7, 11) is 0. The van der Waals surface area contributed by atoms with Crippen LogP contribution in [0.15, 0.2) is 81.4 Å². The van der Waals surface area contributed by atoms with E-state index < -0.39 is 6.03 Å². The molecule has 10 nitrogen and oxygen atoms in total. The molecule has 0 spiro atoms. The lowest BCUT2D eigenvalue weighted by Gasteiger charge is -2.27. The first-order valence-electron chi connectivity index (χ1n) is 6.33. The predicted octanol–water partition coefficient (Wildman–Crippen LogP) is 3.63. The molecule has 115 valence electrons. The highest BCUT2D eigenvalue weighted by Crippen LogP contribution is 2.24. The van der Waals surface area contributed by atoms with E-state index in [-0.39, 0.29) is 0 Å². The second-order valence-electron chi connectivity index (χ2n) is 4.02. The molecule has 2 rings (SSSR count). The monoisotopic (exact) mass is 311 g/mol. The van der Waals surface area contributed by atoms with Gasteiger partial charge in [-0.15, -0.1) is 5.12 Å². The fourth-order valence-corrected chi connectivity index (χ4v) is 1.76. The normalized spacial score (nSPS) is 10.8. The van der Waals surface area contributed by atoms with Crippen LogP contribution in [0.1, 0.15) is 0 Å². The van der Waals surface area contributed by atoms with Crippen LogP contribution in [0.3, 0.4) is 0 Å². The fraction of sp³-hybridized carbons (Fsp3) is 0. The summed E-state index contributed by atoms with van der Waals surface area (Å²) in [4.78, 5) is 12.1. The Hall–Kier alpha value is -3.69. The summed E-state index contributed by atoms with van der Waals surface area (Å²) in [6.07, 6.45) is 0. The quantitative estimate of drug-likeness (QED) is 0.667. The number of hydrazine groups is 1. The Bertz CT molecular complexity index is 704. The van der Waals surface area contributed by atoms with Crippen molar-refractivity contribution in [2.75, 3.05) is 10.1 Å². The molecule has 2 amide bonds. The lowest BCUT2D eigenvalue weighted by atomic mass is 10.3. The summed E-state index contributed by atoms with van der Waals surface area (Å²) in [6, 6.07) is 16.1. The average molecular weight is 311 g/mol. The summed E-state index contributed by atoms with van der Waals surface area (Å²) in [5.74, 6) is 0. The molecule has 10 heteroatoms. The molecule has 0 aliphatic heterocycles. The molecule has 0 aliphatic rings. The fourth-order valence-electron chi connectivity index (χ4n) is 1.76. The van der Waals surface area contributed by atoms with Crippen LogP contribution < -0.4 is 15.4 Å². The third-order valence-electron chi connectivity index (χ3n) is 2.66. The molecule has 0 saturated heterocycles. The van der Waals surface area contributed by atoms with Gasteiger partial charge in [-0.1, -0.05) is 41.5 Å². The van der Waals surface area contributed by atoms with Crippen molar-refractivity contribution in [3.8, 4) is 0 Å². The summed E-state index contributed by atoms with van der Waals surface area (Å²) in [5, 5.41) is 27.0. The van der Waals surface area contributed by atoms with Gasteiger partial charge in [0.25, 0.3) is 0 Å². The molecule has 0 aliphatic carbocycles.